The highest BCUT2D eigenvalue weighted by molar-refractivity contribution is 5.39. The molecule has 1 nitrogen and oxygen atoms in total. The topological polar surface area (TPSA) is 9.23 Å². The van der Waals surface area contributed by atoms with Crippen molar-refractivity contribution < 1.29 is 4.74 Å². The first kappa shape index (κ1) is 5.54. The molecule has 2 rings (SSSR count). The molecule has 0 aromatic carbocycles. The summed E-state index contributed by atoms with van der Waals surface area (Å²) < 4.78 is 5.24. The average molecular weight is 132 g/mol. The van der Waals surface area contributed by atoms with Gasteiger partial charge < -0.3 is 4.74 Å². The molecule has 1 heterocycles. The highest BCUT2D eigenvalue weighted by Gasteiger charge is 2.07. The molecular formula is C9H8O. The number of hydrogen-bond donors (Lipinski definition) is 0. The van der Waals surface area contributed by atoms with E-state index in [1.165, 1.54) is 5.57 Å². The van der Waals surface area contributed by atoms with Gasteiger partial charge in [-0.05, 0) is 24.1 Å². The smallest absolute Gasteiger partial charge is 0.130 e. The Morgan fingerprint density at radius 3 is 3.10 bits per heavy atom. The van der Waals surface area contributed by atoms with E-state index >= 15 is 0 Å². The zero-order chi connectivity index (χ0) is 6.81. The van der Waals surface area contributed by atoms with Crippen LogP contribution < -0.4 is 0 Å². The summed E-state index contributed by atoms with van der Waals surface area (Å²) in [5, 5.41) is 0. The van der Waals surface area contributed by atoms with Crippen LogP contribution in [0.1, 0.15) is 6.42 Å². The average Bonchev–Trinajstić information content (AvgIpc) is 2.05. The summed E-state index contributed by atoms with van der Waals surface area (Å²) in [5.41, 5.74) is 1.27. The Morgan fingerprint density at radius 1 is 1.20 bits per heavy atom. The molecule has 0 atom stereocenters. The molecule has 0 amide bonds. The van der Waals surface area contributed by atoms with E-state index in [1.54, 1.807) is 6.26 Å². The predicted molar refractivity (Wildman–Crippen MR) is 40.1 cm³/mol. The quantitative estimate of drug-likeness (QED) is 0.491. The molecule has 0 saturated heterocycles. The second kappa shape index (κ2) is 2.18. The zero-order valence-corrected chi connectivity index (χ0v) is 5.58. The largest absolute Gasteiger partial charge is 0.465 e. The molecule has 10 heavy (non-hydrogen) atoms. The third-order valence-electron chi connectivity index (χ3n) is 1.61. The third kappa shape index (κ3) is 0.798. The van der Waals surface area contributed by atoms with Gasteiger partial charge in [0.15, 0.2) is 0 Å². The van der Waals surface area contributed by atoms with Crippen molar-refractivity contribution in [2.45, 2.75) is 6.42 Å². The van der Waals surface area contributed by atoms with Crippen LogP contribution in [-0.4, -0.2) is 0 Å². The lowest BCUT2D eigenvalue weighted by atomic mass is 10.0. The van der Waals surface area contributed by atoms with Crippen LogP contribution in [-0.2, 0) is 4.74 Å². The van der Waals surface area contributed by atoms with E-state index in [-0.39, 0.29) is 0 Å². The Bertz CT molecular complexity index is 226. The molecule has 1 aliphatic carbocycles. The number of ether oxygens (including phenoxy) is 1. The lowest BCUT2D eigenvalue weighted by molar-refractivity contribution is 0.354. The van der Waals surface area contributed by atoms with Crippen molar-refractivity contribution in [3.63, 3.8) is 0 Å². The Kier molecular flexibility index (Phi) is 1.21. The van der Waals surface area contributed by atoms with Crippen molar-refractivity contribution in [1.29, 1.82) is 0 Å². The lowest BCUT2D eigenvalue weighted by Gasteiger charge is -2.14. The Morgan fingerprint density at radius 2 is 2.20 bits per heavy atom. The van der Waals surface area contributed by atoms with E-state index in [4.69, 9.17) is 4.74 Å². The third-order valence-corrected chi connectivity index (χ3v) is 1.61. The van der Waals surface area contributed by atoms with Crippen molar-refractivity contribution >= 4 is 0 Å². The van der Waals surface area contributed by atoms with Crippen molar-refractivity contribution in [3.05, 3.63) is 48.0 Å². The highest BCUT2D eigenvalue weighted by atomic mass is 16.5. The summed E-state index contributed by atoms with van der Waals surface area (Å²) in [5.74, 6) is 0.991. The zero-order valence-electron chi connectivity index (χ0n) is 5.58. The van der Waals surface area contributed by atoms with Crippen molar-refractivity contribution in [1.82, 2.24) is 0 Å². The molecular weight excluding hydrogens is 124 g/mol. The minimum Gasteiger partial charge on any atom is -0.465 e. The van der Waals surface area contributed by atoms with Gasteiger partial charge in [0.05, 0.1) is 6.26 Å². The first-order chi connectivity index (χ1) is 4.97. The van der Waals surface area contributed by atoms with Crippen LogP contribution in [0.15, 0.2) is 48.0 Å². The van der Waals surface area contributed by atoms with Crippen LogP contribution in [0.5, 0.6) is 0 Å². The molecule has 0 aromatic rings. The Labute approximate surface area is 60.0 Å². The summed E-state index contributed by atoms with van der Waals surface area (Å²) in [7, 11) is 0. The van der Waals surface area contributed by atoms with Crippen LogP contribution in [0.25, 0.3) is 0 Å². The Hall–Kier alpha value is -1.24. The number of allylic oxidation sites excluding steroid dienone is 6. The molecule has 0 spiro atoms. The molecule has 0 bridgehead atoms. The van der Waals surface area contributed by atoms with E-state index in [9.17, 15) is 0 Å². The first-order valence-corrected chi connectivity index (χ1v) is 3.36. The van der Waals surface area contributed by atoms with E-state index in [0.717, 1.165) is 12.2 Å². The Balaban J connectivity index is 2.38. The van der Waals surface area contributed by atoms with Gasteiger partial charge in [0.1, 0.15) is 5.76 Å². The van der Waals surface area contributed by atoms with E-state index < -0.39 is 0 Å². The molecule has 0 fully saturated rings. The molecule has 0 N–H and O–H groups in total. The van der Waals surface area contributed by atoms with Crippen LogP contribution in [0.4, 0.5) is 0 Å². The maximum Gasteiger partial charge on any atom is 0.130 e. The minimum absolute atomic E-state index is 0.991. The van der Waals surface area contributed by atoms with Gasteiger partial charge in [-0.25, -0.2) is 0 Å². The molecule has 1 heteroatoms. The predicted octanol–water partition coefficient (Wildman–Crippen LogP) is 2.30. The lowest BCUT2D eigenvalue weighted by Crippen LogP contribution is -1.96. The van der Waals surface area contributed by atoms with Gasteiger partial charge in [0.25, 0.3) is 0 Å². The maximum absolute atomic E-state index is 5.24. The van der Waals surface area contributed by atoms with Gasteiger partial charge in [0.2, 0.25) is 0 Å². The van der Waals surface area contributed by atoms with E-state index in [0.29, 0.717) is 0 Å². The molecule has 0 saturated carbocycles. The number of fused-ring (bicyclic) bond motifs is 1. The molecule has 0 unspecified atom stereocenters. The summed E-state index contributed by atoms with van der Waals surface area (Å²) in [6, 6.07) is 0. The van der Waals surface area contributed by atoms with Crippen molar-refractivity contribution in [2.75, 3.05) is 0 Å². The van der Waals surface area contributed by atoms with Gasteiger partial charge in [-0.3, -0.25) is 0 Å². The fourth-order valence-electron chi connectivity index (χ4n) is 1.09. The normalized spacial score (nSPS) is 20.8. The fourth-order valence-corrected chi connectivity index (χ4v) is 1.09. The van der Waals surface area contributed by atoms with Gasteiger partial charge in [0, 0.05) is 0 Å². The van der Waals surface area contributed by atoms with Crippen LogP contribution >= 0.6 is 0 Å². The van der Waals surface area contributed by atoms with E-state index in [1.807, 2.05) is 18.2 Å². The van der Waals surface area contributed by atoms with E-state index in [2.05, 4.69) is 12.2 Å². The monoisotopic (exact) mass is 132 g/mol. The summed E-state index contributed by atoms with van der Waals surface area (Å²) in [4.78, 5) is 0. The maximum atomic E-state index is 5.24. The fraction of sp³-hybridized carbons (Fsp3) is 0.111. The second-order valence-electron chi connectivity index (χ2n) is 2.30. The summed E-state index contributed by atoms with van der Waals surface area (Å²) in [6.45, 7) is 0. The van der Waals surface area contributed by atoms with Crippen LogP contribution in [0.2, 0.25) is 0 Å². The number of hydrogen-bond acceptors (Lipinski definition) is 1. The van der Waals surface area contributed by atoms with Crippen LogP contribution in [0, 0.1) is 0 Å². The molecule has 0 aromatic heterocycles. The summed E-state index contributed by atoms with van der Waals surface area (Å²) in [6.07, 6.45) is 12.8. The molecule has 2 aliphatic rings. The van der Waals surface area contributed by atoms with Gasteiger partial charge >= 0.3 is 0 Å². The van der Waals surface area contributed by atoms with Crippen LogP contribution in [0.3, 0.4) is 0 Å². The molecule has 50 valence electrons. The second-order valence-corrected chi connectivity index (χ2v) is 2.30. The van der Waals surface area contributed by atoms with Gasteiger partial charge in [-0.15, -0.1) is 0 Å². The SMILES string of the molecule is C1=CCC2=CC=COC2=C1. The van der Waals surface area contributed by atoms with Gasteiger partial charge in [-0.2, -0.15) is 0 Å². The first-order valence-electron chi connectivity index (χ1n) is 3.36. The molecule has 1 aliphatic heterocycles. The number of rotatable bonds is 0. The standard InChI is InChI=1S/C9H8O/c1-2-6-9-8(4-1)5-3-7-10-9/h1-3,5-7H,4H2. The van der Waals surface area contributed by atoms with Crippen molar-refractivity contribution in [3.8, 4) is 0 Å². The highest BCUT2D eigenvalue weighted by Crippen LogP contribution is 2.23. The minimum atomic E-state index is 0.991. The summed E-state index contributed by atoms with van der Waals surface area (Å²) >= 11 is 0. The van der Waals surface area contributed by atoms with Gasteiger partial charge in [-0.1, -0.05) is 18.2 Å². The molecule has 0 radical (unpaired) electrons. The van der Waals surface area contributed by atoms with Crippen molar-refractivity contribution in [2.24, 2.45) is 0 Å².